The molecule has 0 aromatic rings. The summed E-state index contributed by atoms with van der Waals surface area (Å²) in [5, 5.41) is 9.70. The first kappa shape index (κ1) is 12.1. The molecule has 0 spiro atoms. The Kier molecular flexibility index (Phi) is 2.87. The van der Waals surface area contributed by atoms with Crippen LogP contribution in [0, 0.1) is 23.2 Å². The SMILES string of the molecule is CCC=COC1C2CC3CC(C2)CC1(C(=O)O)C3. The first-order valence-corrected chi connectivity index (χ1v) is 7.19. The summed E-state index contributed by atoms with van der Waals surface area (Å²) in [7, 11) is 0. The molecule has 0 aliphatic heterocycles. The van der Waals surface area contributed by atoms with Gasteiger partial charge in [0.25, 0.3) is 0 Å². The lowest BCUT2D eigenvalue weighted by Crippen LogP contribution is -2.59. The van der Waals surface area contributed by atoms with Crippen LogP contribution in [0.25, 0.3) is 0 Å². The van der Waals surface area contributed by atoms with Gasteiger partial charge in [0.15, 0.2) is 0 Å². The summed E-state index contributed by atoms with van der Waals surface area (Å²) in [6, 6.07) is 0. The molecule has 4 aliphatic carbocycles. The van der Waals surface area contributed by atoms with Gasteiger partial charge in [-0.2, -0.15) is 0 Å². The molecule has 3 heteroatoms. The van der Waals surface area contributed by atoms with Gasteiger partial charge in [0.2, 0.25) is 0 Å². The molecule has 0 heterocycles. The van der Waals surface area contributed by atoms with E-state index < -0.39 is 11.4 Å². The third kappa shape index (κ3) is 1.67. The van der Waals surface area contributed by atoms with Crippen molar-refractivity contribution in [2.24, 2.45) is 23.2 Å². The smallest absolute Gasteiger partial charge is 0.313 e. The van der Waals surface area contributed by atoms with Gasteiger partial charge in [-0.15, -0.1) is 0 Å². The highest BCUT2D eigenvalue weighted by Crippen LogP contribution is 2.61. The summed E-state index contributed by atoms with van der Waals surface area (Å²) in [5.41, 5.74) is -0.590. The first-order chi connectivity index (χ1) is 8.65. The molecule has 4 rings (SSSR count). The second-order valence-electron chi connectivity index (χ2n) is 6.41. The van der Waals surface area contributed by atoms with Gasteiger partial charge in [0, 0.05) is 0 Å². The van der Waals surface area contributed by atoms with E-state index in [-0.39, 0.29) is 6.10 Å². The lowest BCUT2D eigenvalue weighted by Gasteiger charge is -2.58. The molecule has 3 nitrogen and oxygen atoms in total. The maximum atomic E-state index is 11.8. The zero-order valence-corrected chi connectivity index (χ0v) is 11.0. The highest BCUT2D eigenvalue weighted by Gasteiger charge is 2.62. The van der Waals surface area contributed by atoms with Crippen molar-refractivity contribution >= 4 is 5.97 Å². The van der Waals surface area contributed by atoms with Crippen molar-refractivity contribution in [1.29, 1.82) is 0 Å². The minimum Gasteiger partial charge on any atom is -0.497 e. The average Bonchev–Trinajstić information content (AvgIpc) is 2.31. The average molecular weight is 250 g/mol. The molecule has 4 saturated carbocycles. The Labute approximate surface area is 108 Å². The summed E-state index contributed by atoms with van der Waals surface area (Å²) < 4.78 is 5.86. The van der Waals surface area contributed by atoms with Crippen molar-refractivity contribution < 1.29 is 14.6 Å². The Morgan fingerprint density at radius 1 is 1.33 bits per heavy atom. The molecule has 0 amide bonds. The quantitative estimate of drug-likeness (QED) is 0.779. The number of aliphatic carboxylic acids is 1. The van der Waals surface area contributed by atoms with Crippen LogP contribution in [-0.2, 0) is 9.53 Å². The van der Waals surface area contributed by atoms with Crippen molar-refractivity contribution in [3.05, 3.63) is 12.3 Å². The fourth-order valence-corrected chi connectivity index (χ4v) is 4.77. The van der Waals surface area contributed by atoms with Crippen LogP contribution in [0.4, 0.5) is 0 Å². The molecule has 3 atom stereocenters. The highest BCUT2D eigenvalue weighted by molar-refractivity contribution is 5.76. The standard InChI is InChI=1S/C15H22O3/c1-2-3-4-18-13-12-6-10-5-11(7-12)9-15(13,8-10)14(16)17/h3-4,10-13H,2,5-9H2,1H3,(H,16,17). The monoisotopic (exact) mass is 250 g/mol. The van der Waals surface area contributed by atoms with E-state index in [1.54, 1.807) is 6.26 Å². The second kappa shape index (κ2) is 4.29. The molecule has 18 heavy (non-hydrogen) atoms. The topological polar surface area (TPSA) is 46.5 Å². The Hall–Kier alpha value is -0.990. The summed E-state index contributed by atoms with van der Waals surface area (Å²) >= 11 is 0. The lowest BCUT2D eigenvalue weighted by atomic mass is 9.48. The van der Waals surface area contributed by atoms with Gasteiger partial charge < -0.3 is 9.84 Å². The van der Waals surface area contributed by atoms with E-state index in [0.29, 0.717) is 17.8 Å². The Bertz CT molecular complexity index is 360. The van der Waals surface area contributed by atoms with Crippen molar-refractivity contribution in [1.82, 2.24) is 0 Å². The van der Waals surface area contributed by atoms with Gasteiger partial charge in [-0.3, -0.25) is 4.79 Å². The molecule has 3 unspecified atom stereocenters. The van der Waals surface area contributed by atoms with Crippen LogP contribution in [0.15, 0.2) is 12.3 Å². The minimum absolute atomic E-state index is 0.0920. The summed E-state index contributed by atoms with van der Waals surface area (Å²) in [5.74, 6) is 1.10. The molecule has 4 aliphatic rings. The number of hydrogen-bond donors (Lipinski definition) is 1. The van der Waals surface area contributed by atoms with Crippen LogP contribution >= 0.6 is 0 Å². The van der Waals surface area contributed by atoms with Gasteiger partial charge >= 0.3 is 5.97 Å². The highest BCUT2D eigenvalue weighted by atomic mass is 16.5. The molecule has 0 saturated heterocycles. The largest absolute Gasteiger partial charge is 0.497 e. The van der Waals surface area contributed by atoms with Crippen LogP contribution in [-0.4, -0.2) is 17.2 Å². The maximum absolute atomic E-state index is 11.8. The van der Waals surface area contributed by atoms with Crippen molar-refractivity contribution in [2.75, 3.05) is 0 Å². The van der Waals surface area contributed by atoms with Crippen molar-refractivity contribution in [3.8, 4) is 0 Å². The second-order valence-corrected chi connectivity index (χ2v) is 6.41. The molecule has 0 aromatic carbocycles. The Morgan fingerprint density at radius 2 is 2.00 bits per heavy atom. The van der Waals surface area contributed by atoms with E-state index in [9.17, 15) is 9.90 Å². The fourth-order valence-electron chi connectivity index (χ4n) is 4.77. The summed E-state index contributed by atoms with van der Waals surface area (Å²) in [6.07, 6.45) is 9.82. The van der Waals surface area contributed by atoms with Crippen molar-refractivity contribution in [3.63, 3.8) is 0 Å². The van der Waals surface area contributed by atoms with E-state index >= 15 is 0 Å². The third-order valence-electron chi connectivity index (χ3n) is 5.20. The van der Waals surface area contributed by atoms with Crippen LogP contribution < -0.4 is 0 Å². The van der Waals surface area contributed by atoms with E-state index in [2.05, 4.69) is 6.92 Å². The summed E-state index contributed by atoms with van der Waals surface area (Å²) in [4.78, 5) is 11.8. The Balaban J connectivity index is 1.86. The predicted molar refractivity (Wildman–Crippen MR) is 67.9 cm³/mol. The van der Waals surface area contributed by atoms with Gasteiger partial charge in [-0.05, 0) is 56.3 Å². The van der Waals surface area contributed by atoms with Crippen LogP contribution in [0.2, 0.25) is 0 Å². The number of carbonyl (C=O) groups is 1. The minimum atomic E-state index is -0.628. The van der Waals surface area contributed by atoms with Crippen LogP contribution in [0.1, 0.15) is 45.4 Å². The lowest BCUT2D eigenvalue weighted by molar-refractivity contribution is -0.193. The van der Waals surface area contributed by atoms with Gasteiger partial charge in [0.05, 0.1) is 6.26 Å². The zero-order chi connectivity index (χ0) is 12.8. The fraction of sp³-hybridized carbons (Fsp3) is 0.800. The zero-order valence-electron chi connectivity index (χ0n) is 11.0. The number of carboxylic acids is 1. The van der Waals surface area contributed by atoms with Crippen LogP contribution in [0.5, 0.6) is 0 Å². The molecule has 1 N–H and O–H groups in total. The maximum Gasteiger partial charge on any atom is 0.313 e. The molecular weight excluding hydrogens is 228 g/mol. The number of ether oxygens (including phenoxy) is 1. The van der Waals surface area contributed by atoms with E-state index in [1.807, 2.05) is 6.08 Å². The van der Waals surface area contributed by atoms with Crippen LogP contribution in [0.3, 0.4) is 0 Å². The van der Waals surface area contributed by atoms with Gasteiger partial charge in [-0.25, -0.2) is 0 Å². The normalized spacial score (nSPS) is 45.6. The number of allylic oxidation sites excluding steroid dienone is 1. The molecular formula is C15H22O3. The molecule has 0 aromatic heterocycles. The van der Waals surface area contributed by atoms with Gasteiger partial charge in [0.1, 0.15) is 11.5 Å². The van der Waals surface area contributed by atoms with E-state index in [0.717, 1.165) is 19.3 Å². The number of carboxylic acid groups (broad SMARTS) is 1. The molecule has 4 bridgehead atoms. The van der Waals surface area contributed by atoms with E-state index in [4.69, 9.17) is 4.74 Å². The Morgan fingerprint density at radius 3 is 2.56 bits per heavy atom. The predicted octanol–water partition coefficient (Wildman–Crippen LogP) is 3.21. The third-order valence-corrected chi connectivity index (χ3v) is 5.20. The summed E-state index contributed by atoms with van der Waals surface area (Å²) in [6.45, 7) is 2.06. The van der Waals surface area contributed by atoms with Gasteiger partial charge in [-0.1, -0.05) is 13.0 Å². The first-order valence-electron chi connectivity index (χ1n) is 7.19. The molecule has 4 fully saturated rings. The number of hydrogen-bond acceptors (Lipinski definition) is 2. The molecule has 100 valence electrons. The number of rotatable bonds is 4. The molecule has 0 radical (unpaired) electrons. The van der Waals surface area contributed by atoms with E-state index in [1.165, 1.54) is 19.3 Å². The van der Waals surface area contributed by atoms with Crippen molar-refractivity contribution in [2.45, 2.75) is 51.6 Å².